The second kappa shape index (κ2) is 5.36. The van der Waals surface area contributed by atoms with Crippen LogP contribution in [-0.4, -0.2) is 15.9 Å². The van der Waals surface area contributed by atoms with E-state index in [-0.39, 0.29) is 10.9 Å². The van der Waals surface area contributed by atoms with Crippen molar-refractivity contribution in [2.24, 2.45) is 11.7 Å². The van der Waals surface area contributed by atoms with E-state index in [4.69, 9.17) is 18.0 Å². The minimum Gasteiger partial charge on any atom is -0.393 e. The van der Waals surface area contributed by atoms with Crippen molar-refractivity contribution in [1.82, 2.24) is 4.98 Å². The second-order valence-corrected chi connectivity index (χ2v) is 5.19. The largest absolute Gasteiger partial charge is 0.393 e. The number of thiocarbonyl (C=S) groups is 1. The Balaban J connectivity index is 2.74. The van der Waals surface area contributed by atoms with Gasteiger partial charge in [0, 0.05) is 4.88 Å². The molecule has 0 aliphatic heterocycles. The van der Waals surface area contributed by atoms with Gasteiger partial charge in [-0.25, -0.2) is 4.98 Å². The van der Waals surface area contributed by atoms with E-state index in [9.17, 15) is 4.79 Å². The molecule has 0 aromatic carbocycles. The number of nitrogens with one attached hydrogen (secondary N) is 1. The zero-order valence-corrected chi connectivity index (χ0v) is 11.2. The fourth-order valence-corrected chi connectivity index (χ4v) is 2.33. The Morgan fingerprint density at radius 3 is 2.62 bits per heavy atom. The van der Waals surface area contributed by atoms with Gasteiger partial charge in [-0.2, -0.15) is 0 Å². The van der Waals surface area contributed by atoms with Crippen LogP contribution in [0.5, 0.6) is 0 Å². The average Bonchev–Trinajstić information content (AvgIpc) is 2.45. The van der Waals surface area contributed by atoms with E-state index in [0.29, 0.717) is 11.6 Å². The molecule has 0 spiro atoms. The molecule has 6 heteroatoms. The average molecular weight is 257 g/mol. The van der Waals surface area contributed by atoms with Crippen molar-refractivity contribution in [3.63, 3.8) is 0 Å². The van der Waals surface area contributed by atoms with Gasteiger partial charge in [0.1, 0.15) is 0 Å². The van der Waals surface area contributed by atoms with Gasteiger partial charge < -0.3 is 11.1 Å². The molecule has 4 nitrogen and oxygen atoms in total. The highest BCUT2D eigenvalue weighted by atomic mass is 32.1. The number of carbonyl (C=O) groups excluding carboxylic acids is 1. The first-order chi connectivity index (χ1) is 7.45. The molecule has 1 rings (SSSR count). The van der Waals surface area contributed by atoms with E-state index in [0.717, 1.165) is 10.6 Å². The molecule has 88 valence electrons. The summed E-state index contributed by atoms with van der Waals surface area (Å²) in [6, 6.07) is 0. The number of amides is 1. The number of aryl methyl sites for hydroxylation is 2. The maximum Gasteiger partial charge on any atom is 0.236 e. The van der Waals surface area contributed by atoms with Gasteiger partial charge in [-0.05, 0) is 20.3 Å². The van der Waals surface area contributed by atoms with Gasteiger partial charge in [-0.15, -0.1) is 11.3 Å². The molecule has 1 unspecified atom stereocenters. The summed E-state index contributed by atoms with van der Waals surface area (Å²) < 4.78 is 0. The van der Waals surface area contributed by atoms with Crippen molar-refractivity contribution in [2.75, 3.05) is 5.32 Å². The van der Waals surface area contributed by atoms with Crippen LogP contribution in [0.15, 0.2) is 0 Å². The number of carbonyl (C=O) groups is 1. The zero-order chi connectivity index (χ0) is 12.3. The lowest BCUT2D eigenvalue weighted by atomic mass is 10.1. The van der Waals surface area contributed by atoms with Crippen molar-refractivity contribution >= 4 is 39.6 Å². The van der Waals surface area contributed by atoms with E-state index in [1.54, 1.807) is 0 Å². The molecule has 0 fully saturated rings. The number of nitrogens with two attached hydrogens (primary N) is 1. The monoisotopic (exact) mass is 257 g/mol. The summed E-state index contributed by atoms with van der Waals surface area (Å²) in [7, 11) is 0. The Bertz CT molecular complexity index is 395. The predicted molar refractivity (Wildman–Crippen MR) is 70.8 cm³/mol. The maximum atomic E-state index is 11.8. The van der Waals surface area contributed by atoms with E-state index >= 15 is 0 Å². The summed E-state index contributed by atoms with van der Waals surface area (Å²) in [5.41, 5.74) is 6.42. The number of nitrogens with zero attached hydrogens (tertiary/aromatic N) is 1. The van der Waals surface area contributed by atoms with Crippen LogP contribution in [-0.2, 0) is 4.79 Å². The quantitative estimate of drug-likeness (QED) is 0.810. The van der Waals surface area contributed by atoms with Crippen LogP contribution in [0.25, 0.3) is 0 Å². The van der Waals surface area contributed by atoms with Gasteiger partial charge in [-0.3, -0.25) is 4.79 Å². The van der Waals surface area contributed by atoms with Crippen molar-refractivity contribution in [3.8, 4) is 0 Å². The van der Waals surface area contributed by atoms with Crippen LogP contribution in [0.3, 0.4) is 0 Å². The molecule has 3 N–H and O–H groups in total. The summed E-state index contributed by atoms with van der Waals surface area (Å²) in [4.78, 5) is 17.3. The Hall–Kier alpha value is -1.01. The summed E-state index contributed by atoms with van der Waals surface area (Å²) >= 11 is 6.29. The normalized spacial score (nSPS) is 12.2. The lowest BCUT2D eigenvalue weighted by Crippen LogP contribution is -2.32. The highest BCUT2D eigenvalue weighted by Crippen LogP contribution is 2.21. The Morgan fingerprint density at radius 1 is 1.62 bits per heavy atom. The third kappa shape index (κ3) is 2.99. The van der Waals surface area contributed by atoms with Gasteiger partial charge in [0.2, 0.25) is 5.91 Å². The van der Waals surface area contributed by atoms with Gasteiger partial charge in [0.25, 0.3) is 0 Å². The SMILES string of the molecule is CCC(C(=O)Nc1nc(C)c(C)s1)C(N)=S. The number of rotatable bonds is 4. The van der Waals surface area contributed by atoms with Gasteiger partial charge >= 0.3 is 0 Å². The van der Waals surface area contributed by atoms with Crippen LogP contribution in [0, 0.1) is 19.8 Å². The lowest BCUT2D eigenvalue weighted by molar-refractivity contribution is -0.118. The minimum atomic E-state index is -0.417. The van der Waals surface area contributed by atoms with Crippen LogP contribution in [0.4, 0.5) is 5.13 Å². The molecule has 0 aliphatic rings. The van der Waals surface area contributed by atoms with E-state index in [1.165, 1.54) is 11.3 Å². The molecule has 1 amide bonds. The summed E-state index contributed by atoms with van der Waals surface area (Å²) in [6.07, 6.45) is 0.602. The van der Waals surface area contributed by atoms with Crippen LogP contribution in [0.1, 0.15) is 23.9 Å². The zero-order valence-electron chi connectivity index (χ0n) is 9.53. The van der Waals surface area contributed by atoms with Crippen molar-refractivity contribution in [2.45, 2.75) is 27.2 Å². The van der Waals surface area contributed by atoms with Crippen LogP contribution < -0.4 is 11.1 Å². The first-order valence-electron chi connectivity index (χ1n) is 5.00. The fraction of sp³-hybridized carbons (Fsp3) is 0.500. The molecule has 0 aliphatic carbocycles. The molecule has 0 saturated carbocycles. The van der Waals surface area contributed by atoms with Gasteiger partial charge in [0.15, 0.2) is 5.13 Å². The molecule has 0 saturated heterocycles. The molecular weight excluding hydrogens is 242 g/mol. The Morgan fingerprint density at radius 2 is 2.25 bits per heavy atom. The number of hydrogen-bond donors (Lipinski definition) is 2. The van der Waals surface area contributed by atoms with E-state index in [2.05, 4.69) is 10.3 Å². The molecule has 1 aromatic heterocycles. The molecule has 0 radical (unpaired) electrons. The fourth-order valence-electron chi connectivity index (χ4n) is 1.23. The molecule has 0 bridgehead atoms. The summed E-state index contributed by atoms with van der Waals surface area (Å²) in [6.45, 7) is 5.75. The number of hydrogen-bond acceptors (Lipinski definition) is 4. The molecule has 1 atom stereocenters. The Labute approximate surface area is 104 Å². The second-order valence-electron chi connectivity index (χ2n) is 3.51. The van der Waals surface area contributed by atoms with Crippen LogP contribution in [0.2, 0.25) is 0 Å². The van der Waals surface area contributed by atoms with E-state index in [1.807, 2.05) is 20.8 Å². The Kier molecular flexibility index (Phi) is 4.37. The summed E-state index contributed by atoms with van der Waals surface area (Å²) in [5, 5.41) is 3.34. The standard InChI is InChI=1S/C10H15N3OS2/c1-4-7(8(11)15)9(14)13-10-12-5(2)6(3)16-10/h7H,4H2,1-3H3,(H2,11,15)(H,12,13,14). The first kappa shape index (κ1) is 13.1. The minimum absolute atomic E-state index is 0.177. The van der Waals surface area contributed by atoms with Gasteiger partial charge in [-0.1, -0.05) is 19.1 Å². The number of thiazole rings is 1. The molecule has 1 heterocycles. The smallest absolute Gasteiger partial charge is 0.236 e. The predicted octanol–water partition coefficient (Wildman–Crippen LogP) is 2.01. The third-order valence-corrected chi connectivity index (χ3v) is 3.60. The maximum absolute atomic E-state index is 11.8. The summed E-state index contributed by atoms with van der Waals surface area (Å²) in [5.74, 6) is -0.594. The molecule has 1 aromatic rings. The third-order valence-electron chi connectivity index (χ3n) is 2.33. The molecule has 16 heavy (non-hydrogen) atoms. The van der Waals surface area contributed by atoms with Gasteiger partial charge in [0.05, 0.1) is 16.6 Å². The lowest BCUT2D eigenvalue weighted by Gasteiger charge is -2.11. The molecular formula is C10H15N3OS2. The highest BCUT2D eigenvalue weighted by molar-refractivity contribution is 7.80. The van der Waals surface area contributed by atoms with Crippen LogP contribution >= 0.6 is 23.6 Å². The van der Waals surface area contributed by atoms with Crippen molar-refractivity contribution in [3.05, 3.63) is 10.6 Å². The highest BCUT2D eigenvalue weighted by Gasteiger charge is 2.20. The first-order valence-corrected chi connectivity index (χ1v) is 6.22. The van der Waals surface area contributed by atoms with Crippen molar-refractivity contribution in [1.29, 1.82) is 0 Å². The van der Waals surface area contributed by atoms with Crippen molar-refractivity contribution < 1.29 is 4.79 Å². The number of aromatic nitrogens is 1. The topological polar surface area (TPSA) is 68.0 Å². The number of anilines is 1. The van der Waals surface area contributed by atoms with E-state index < -0.39 is 5.92 Å².